The summed E-state index contributed by atoms with van der Waals surface area (Å²) in [4.78, 5) is 10.6. The molecule has 5 heteroatoms. The number of hydrogen-bond acceptors (Lipinski definition) is 4. The van der Waals surface area contributed by atoms with E-state index in [1.165, 1.54) is 6.07 Å². The van der Waals surface area contributed by atoms with E-state index < -0.39 is 0 Å². The van der Waals surface area contributed by atoms with Gasteiger partial charge in [0.2, 0.25) is 0 Å². The molecule has 5 nitrogen and oxygen atoms in total. The maximum Gasteiger partial charge on any atom is 0.272 e. The molecule has 0 fully saturated rings. The fourth-order valence-electron chi connectivity index (χ4n) is 2.19. The van der Waals surface area contributed by atoms with Crippen molar-refractivity contribution in [1.29, 1.82) is 0 Å². The molecular weight excluding hydrogens is 268 g/mol. The van der Waals surface area contributed by atoms with Crippen LogP contribution in [0.3, 0.4) is 0 Å². The van der Waals surface area contributed by atoms with Crippen molar-refractivity contribution in [1.82, 2.24) is 0 Å². The maximum absolute atomic E-state index is 11.0. The second-order valence-corrected chi connectivity index (χ2v) is 4.77. The molecule has 0 aromatic heterocycles. The average Bonchev–Trinajstić information content (AvgIpc) is 2.48. The quantitative estimate of drug-likeness (QED) is 0.651. The Balaban J connectivity index is 2.05. The van der Waals surface area contributed by atoms with Crippen molar-refractivity contribution in [3.63, 3.8) is 0 Å². The first kappa shape index (κ1) is 14.8. The Labute approximate surface area is 123 Å². The minimum absolute atomic E-state index is 0.163. The van der Waals surface area contributed by atoms with Crippen molar-refractivity contribution in [2.75, 3.05) is 19.0 Å². The van der Waals surface area contributed by atoms with Gasteiger partial charge in [-0.05, 0) is 31.0 Å². The lowest BCUT2D eigenvalue weighted by atomic mass is 10.1. The summed E-state index contributed by atoms with van der Waals surface area (Å²) in [5.41, 5.74) is 2.91. The molecule has 0 atom stereocenters. The van der Waals surface area contributed by atoms with E-state index in [1.54, 1.807) is 19.2 Å². The number of para-hydroxylation sites is 1. The molecule has 0 spiro atoms. The zero-order chi connectivity index (χ0) is 15.2. The Morgan fingerprint density at radius 2 is 2.00 bits per heavy atom. The minimum Gasteiger partial charge on any atom is -0.495 e. The second kappa shape index (κ2) is 6.74. The lowest BCUT2D eigenvalue weighted by Gasteiger charge is -2.12. The molecule has 21 heavy (non-hydrogen) atoms. The molecule has 2 aromatic rings. The van der Waals surface area contributed by atoms with E-state index in [2.05, 4.69) is 5.32 Å². The number of benzene rings is 2. The molecule has 0 amide bonds. The number of nitrogens with one attached hydrogen (secondary N) is 1. The maximum atomic E-state index is 11.0. The monoisotopic (exact) mass is 286 g/mol. The van der Waals surface area contributed by atoms with E-state index in [1.807, 2.05) is 31.2 Å². The van der Waals surface area contributed by atoms with Crippen LogP contribution in [0, 0.1) is 17.0 Å². The molecule has 0 unspecified atom stereocenters. The molecule has 0 saturated carbocycles. The Morgan fingerprint density at radius 3 is 2.71 bits per heavy atom. The molecule has 0 aliphatic rings. The summed E-state index contributed by atoms with van der Waals surface area (Å²) in [7, 11) is 1.62. The van der Waals surface area contributed by atoms with Crippen LogP contribution in [-0.4, -0.2) is 18.6 Å². The number of nitrogens with zero attached hydrogens (tertiary/aromatic N) is 1. The van der Waals surface area contributed by atoms with Crippen molar-refractivity contribution in [2.45, 2.75) is 13.3 Å². The lowest BCUT2D eigenvalue weighted by Crippen LogP contribution is -2.07. The molecule has 2 aromatic carbocycles. The number of anilines is 1. The number of methoxy groups -OCH3 is 1. The van der Waals surface area contributed by atoms with E-state index in [0.717, 1.165) is 22.6 Å². The van der Waals surface area contributed by atoms with Crippen LogP contribution in [0.1, 0.15) is 11.1 Å². The van der Waals surface area contributed by atoms with Crippen LogP contribution in [0.25, 0.3) is 0 Å². The van der Waals surface area contributed by atoms with Crippen molar-refractivity contribution in [3.8, 4) is 5.75 Å². The first-order valence-electron chi connectivity index (χ1n) is 6.72. The molecule has 110 valence electrons. The molecule has 2 rings (SSSR count). The van der Waals surface area contributed by atoms with Gasteiger partial charge >= 0.3 is 0 Å². The number of hydrogen-bond donors (Lipinski definition) is 1. The number of rotatable bonds is 6. The van der Waals surface area contributed by atoms with Crippen molar-refractivity contribution < 1.29 is 9.66 Å². The highest BCUT2D eigenvalue weighted by Crippen LogP contribution is 2.25. The van der Waals surface area contributed by atoms with Crippen LogP contribution in [-0.2, 0) is 6.42 Å². The molecule has 0 saturated heterocycles. The fourth-order valence-corrected chi connectivity index (χ4v) is 2.19. The van der Waals surface area contributed by atoms with Gasteiger partial charge in [0.25, 0.3) is 5.69 Å². The van der Waals surface area contributed by atoms with Crippen LogP contribution in [0.15, 0.2) is 42.5 Å². The van der Waals surface area contributed by atoms with E-state index in [0.29, 0.717) is 13.0 Å². The Bertz CT molecular complexity index is 641. The van der Waals surface area contributed by atoms with Crippen LogP contribution in [0.4, 0.5) is 11.4 Å². The lowest BCUT2D eigenvalue weighted by molar-refractivity contribution is -0.385. The average molecular weight is 286 g/mol. The van der Waals surface area contributed by atoms with Gasteiger partial charge < -0.3 is 10.1 Å². The molecule has 0 aliphatic heterocycles. The summed E-state index contributed by atoms with van der Waals surface area (Å²) in [6, 6.07) is 12.7. The Morgan fingerprint density at radius 1 is 1.24 bits per heavy atom. The number of ether oxygens (including phenoxy) is 1. The van der Waals surface area contributed by atoms with Crippen molar-refractivity contribution >= 4 is 11.4 Å². The van der Waals surface area contributed by atoms with Crippen molar-refractivity contribution in [3.05, 3.63) is 63.7 Å². The fraction of sp³-hybridized carbons (Fsp3) is 0.250. The topological polar surface area (TPSA) is 64.4 Å². The van der Waals surface area contributed by atoms with Crippen molar-refractivity contribution in [2.24, 2.45) is 0 Å². The van der Waals surface area contributed by atoms with Gasteiger partial charge in [0, 0.05) is 18.2 Å². The van der Waals surface area contributed by atoms with Crippen LogP contribution < -0.4 is 10.1 Å². The number of aryl methyl sites for hydroxylation is 1. The molecule has 0 bridgehead atoms. The number of nitro benzene ring substituents is 1. The summed E-state index contributed by atoms with van der Waals surface area (Å²) in [6.45, 7) is 2.61. The molecular formula is C16H18N2O3. The van der Waals surface area contributed by atoms with Gasteiger partial charge in [0.05, 0.1) is 17.7 Å². The predicted molar refractivity (Wildman–Crippen MR) is 83.0 cm³/mol. The smallest absolute Gasteiger partial charge is 0.272 e. The van der Waals surface area contributed by atoms with E-state index in [-0.39, 0.29) is 10.6 Å². The summed E-state index contributed by atoms with van der Waals surface area (Å²) < 4.78 is 5.29. The van der Waals surface area contributed by atoms with Gasteiger partial charge in [-0.1, -0.05) is 24.3 Å². The summed E-state index contributed by atoms with van der Waals surface area (Å²) in [5, 5.41) is 14.2. The van der Waals surface area contributed by atoms with Gasteiger partial charge in [-0.15, -0.1) is 0 Å². The highest BCUT2D eigenvalue weighted by Gasteiger charge is 2.11. The highest BCUT2D eigenvalue weighted by molar-refractivity contribution is 5.58. The summed E-state index contributed by atoms with van der Waals surface area (Å²) in [5.74, 6) is 0.767. The molecule has 0 radical (unpaired) electrons. The minimum atomic E-state index is -0.345. The van der Waals surface area contributed by atoms with Gasteiger partial charge in [-0.25, -0.2) is 0 Å². The van der Waals surface area contributed by atoms with Gasteiger partial charge in [-0.3, -0.25) is 10.1 Å². The van der Waals surface area contributed by atoms with E-state index in [9.17, 15) is 10.1 Å². The van der Waals surface area contributed by atoms with Gasteiger partial charge in [0.15, 0.2) is 0 Å². The van der Waals surface area contributed by atoms with Gasteiger partial charge in [-0.2, -0.15) is 0 Å². The summed E-state index contributed by atoms with van der Waals surface area (Å²) >= 11 is 0. The van der Waals surface area contributed by atoms with Crippen LogP contribution in [0.2, 0.25) is 0 Å². The largest absolute Gasteiger partial charge is 0.495 e. The Kier molecular flexibility index (Phi) is 4.77. The third-order valence-corrected chi connectivity index (χ3v) is 3.25. The number of nitro groups is 1. The van der Waals surface area contributed by atoms with E-state index >= 15 is 0 Å². The zero-order valence-electron chi connectivity index (χ0n) is 12.1. The van der Waals surface area contributed by atoms with Gasteiger partial charge in [0.1, 0.15) is 5.75 Å². The summed E-state index contributed by atoms with van der Waals surface area (Å²) in [6.07, 6.45) is 0.578. The second-order valence-electron chi connectivity index (χ2n) is 4.77. The third-order valence-electron chi connectivity index (χ3n) is 3.25. The zero-order valence-corrected chi connectivity index (χ0v) is 12.1. The standard InChI is InChI=1S/C16H18N2O3/c1-12-7-8-16(21-2)14(11-12)17-10-9-13-5-3-4-6-15(13)18(19)20/h3-8,11,17H,9-10H2,1-2H3. The Hall–Kier alpha value is -2.56. The van der Waals surface area contributed by atoms with Crippen LogP contribution >= 0.6 is 0 Å². The predicted octanol–water partition coefficient (Wildman–Crippen LogP) is 3.57. The highest BCUT2D eigenvalue weighted by atomic mass is 16.6. The first-order valence-corrected chi connectivity index (χ1v) is 6.72. The molecule has 0 heterocycles. The molecule has 0 aliphatic carbocycles. The SMILES string of the molecule is COc1ccc(C)cc1NCCc1ccccc1[N+](=O)[O-]. The normalized spacial score (nSPS) is 10.2. The van der Waals surface area contributed by atoms with E-state index in [4.69, 9.17) is 4.74 Å². The molecule has 1 N–H and O–H groups in total. The van der Waals surface area contributed by atoms with Crippen LogP contribution in [0.5, 0.6) is 5.75 Å². The third kappa shape index (κ3) is 3.72. The first-order chi connectivity index (χ1) is 10.1.